The van der Waals surface area contributed by atoms with Crippen LogP contribution < -0.4 is 0 Å². The van der Waals surface area contributed by atoms with E-state index in [0.29, 0.717) is 0 Å². The summed E-state index contributed by atoms with van der Waals surface area (Å²) in [6.45, 7) is 0. The molecule has 0 atom stereocenters. The summed E-state index contributed by atoms with van der Waals surface area (Å²) in [7, 11) is 0. The molecule has 0 bridgehead atoms. The van der Waals surface area contributed by atoms with E-state index in [2.05, 4.69) is 84.9 Å². The number of hydrogen-bond acceptors (Lipinski definition) is 0. The van der Waals surface area contributed by atoms with Crippen LogP contribution in [0.4, 0.5) is 0 Å². The van der Waals surface area contributed by atoms with Crippen LogP contribution in [-0.4, -0.2) is 0 Å². The third kappa shape index (κ3) is 1.35. The van der Waals surface area contributed by atoms with E-state index in [1.165, 1.54) is 64.6 Å². The van der Waals surface area contributed by atoms with Gasteiger partial charge < -0.3 is 0 Å². The van der Waals surface area contributed by atoms with Crippen LogP contribution >= 0.6 is 0 Å². The van der Waals surface area contributed by atoms with E-state index in [1.807, 2.05) is 0 Å². The lowest BCUT2D eigenvalue weighted by Gasteiger charge is -2.16. The minimum atomic E-state index is 1.32. The van der Waals surface area contributed by atoms with Gasteiger partial charge in [0.15, 0.2) is 0 Å². The average Bonchev–Trinajstić information content (AvgIpc) is 3.33. The molecule has 0 saturated heterocycles. The first-order valence-electron chi connectivity index (χ1n) is 9.13. The van der Waals surface area contributed by atoms with Crippen molar-refractivity contribution in [3.05, 3.63) is 84.9 Å². The molecule has 0 saturated carbocycles. The monoisotopic (exact) mass is 326 g/mol. The van der Waals surface area contributed by atoms with Crippen LogP contribution in [0.5, 0.6) is 0 Å². The van der Waals surface area contributed by atoms with E-state index in [1.54, 1.807) is 0 Å². The second kappa shape index (κ2) is 4.23. The first-order valence-corrected chi connectivity index (χ1v) is 9.13. The highest BCUT2D eigenvalue weighted by Gasteiger charge is 2.17. The molecule has 7 rings (SSSR count). The fraction of sp³-hybridized carbons (Fsp3) is 0. The maximum absolute atomic E-state index is 2.39. The molecule has 0 N–H and O–H groups in total. The molecule has 0 fully saturated rings. The summed E-state index contributed by atoms with van der Waals surface area (Å²) in [5, 5.41) is 16.4. The molecule has 0 heterocycles. The Kier molecular flexibility index (Phi) is 2.10. The van der Waals surface area contributed by atoms with Crippen molar-refractivity contribution in [2.24, 2.45) is 0 Å². The maximum Gasteiger partial charge on any atom is -0.00134 e. The van der Waals surface area contributed by atoms with Crippen LogP contribution in [-0.2, 0) is 0 Å². The first-order chi connectivity index (χ1) is 12.9. The molecule has 0 heteroatoms. The Bertz CT molecular complexity index is 1610. The lowest BCUT2D eigenvalue weighted by atomic mass is 9.87. The van der Waals surface area contributed by atoms with Gasteiger partial charge in [-0.05, 0) is 76.8 Å². The normalized spacial score (nSPS) is 12.6. The van der Waals surface area contributed by atoms with E-state index in [4.69, 9.17) is 0 Å². The molecule has 118 valence electrons. The molecule has 0 aliphatic rings. The predicted octanol–water partition coefficient (Wildman–Crippen LogP) is 7.48. The predicted molar refractivity (Wildman–Crippen MR) is 114 cm³/mol. The van der Waals surface area contributed by atoms with E-state index >= 15 is 0 Å². The minimum Gasteiger partial charge on any atom is -0.0610 e. The molecular weight excluding hydrogens is 312 g/mol. The van der Waals surface area contributed by atoms with Crippen LogP contribution in [0.3, 0.4) is 0 Å². The van der Waals surface area contributed by atoms with Gasteiger partial charge in [0.1, 0.15) is 0 Å². The summed E-state index contributed by atoms with van der Waals surface area (Å²) < 4.78 is 0. The van der Waals surface area contributed by atoms with Crippen molar-refractivity contribution >= 4 is 64.6 Å². The topological polar surface area (TPSA) is 0 Å². The van der Waals surface area contributed by atoms with Crippen molar-refractivity contribution in [1.82, 2.24) is 0 Å². The lowest BCUT2D eigenvalue weighted by molar-refractivity contribution is 1.82. The zero-order chi connectivity index (χ0) is 16.8. The Morgan fingerprint density at radius 3 is 1.58 bits per heavy atom. The van der Waals surface area contributed by atoms with Gasteiger partial charge >= 0.3 is 0 Å². The summed E-state index contributed by atoms with van der Waals surface area (Å²) >= 11 is 0. The van der Waals surface area contributed by atoms with Gasteiger partial charge in [-0.1, -0.05) is 72.8 Å². The smallest absolute Gasteiger partial charge is 0.00134 e. The quantitative estimate of drug-likeness (QED) is 0.200. The molecule has 0 aliphatic carbocycles. The molecule has 7 aromatic carbocycles. The molecule has 0 aromatic heterocycles. The fourth-order valence-corrected chi connectivity index (χ4v) is 5.08. The fourth-order valence-electron chi connectivity index (χ4n) is 5.08. The molecule has 7 aromatic rings. The van der Waals surface area contributed by atoms with Crippen LogP contribution in [0.15, 0.2) is 84.9 Å². The third-order valence-corrected chi connectivity index (χ3v) is 6.11. The van der Waals surface area contributed by atoms with Gasteiger partial charge in [0, 0.05) is 0 Å². The van der Waals surface area contributed by atoms with E-state index in [-0.39, 0.29) is 0 Å². The Morgan fingerprint density at radius 1 is 0.308 bits per heavy atom. The number of fused-ring (bicyclic) bond motifs is 6. The van der Waals surface area contributed by atoms with E-state index in [0.717, 1.165) is 0 Å². The van der Waals surface area contributed by atoms with Crippen molar-refractivity contribution in [1.29, 1.82) is 0 Å². The zero-order valence-corrected chi connectivity index (χ0v) is 14.1. The Labute approximate surface area is 149 Å². The van der Waals surface area contributed by atoms with Crippen molar-refractivity contribution in [3.8, 4) is 0 Å². The molecule has 0 nitrogen and oxygen atoms in total. The summed E-state index contributed by atoms with van der Waals surface area (Å²) in [5.41, 5.74) is 0. The van der Waals surface area contributed by atoms with Crippen LogP contribution in [0, 0.1) is 0 Å². The van der Waals surface area contributed by atoms with E-state index in [9.17, 15) is 0 Å². The van der Waals surface area contributed by atoms with Crippen LogP contribution in [0.2, 0.25) is 0 Å². The maximum atomic E-state index is 2.39. The van der Waals surface area contributed by atoms with Gasteiger partial charge in [-0.15, -0.1) is 0 Å². The van der Waals surface area contributed by atoms with E-state index < -0.39 is 0 Å². The van der Waals surface area contributed by atoms with Gasteiger partial charge in [0.05, 0.1) is 0 Å². The van der Waals surface area contributed by atoms with Gasteiger partial charge in [0.2, 0.25) is 0 Å². The van der Waals surface area contributed by atoms with Gasteiger partial charge in [0.25, 0.3) is 0 Å². The lowest BCUT2D eigenvalue weighted by Crippen LogP contribution is -1.88. The number of rotatable bonds is 0. The molecule has 0 aliphatic heterocycles. The molecule has 0 unspecified atom stereocenters. The number of benzene rings is 5. The second-order valence-corrected chi connectivity index (χ2v) is 7.36. The van der Waals surface area contributed by atoms with Gasteiger partial charge in [-0.2, -0.15) is 0 Å². The summed E-state index contributed by atoms with van der Waals surface area (Å²) in [5.74, 6) is 0. The molecule has 26 heavy (non-hydrogen) atoms. The van der Waals surface area contributed by atoms with Crippen molar-refractivity contribution in [3.63, 3.8) is 0 Å². The van der Waals surface area contributed by atoms with Crippen molar-refractivity contribution in [2.75, 3.05) is 0 Å². The Balaban J connectivity index is 2.03. The average molecular weight is 326 g/mol. The Morgan fingerprint density at radius 2 is 0.808 bits per heavy atom. The van der Waals surface area contributed by atoms with Gasteiger partial charge in [-0.25, -0.2) is 0 Å². The minimum absolute atomic E-state index is 1.32. The van der Waals surface area contributed by atoms with Crippen molar-refractivity contribution in [2.45, 2.75) is 0 Å². The van der Waals surface area contributed by atoms with Crippen LogP contribution in [0.25, 0.3) is 64.6 Å². The molecular formula is C26H14. The first kappa shape index (κ1) is 12.9. The Hall–Kier alpha value is -3.38. The molecule has 0 spiro atoms. The summed E-state index contributed by atoms with van der Waals surface area (Å²) in [6.07, 6.45) is 0. The summed E-state index contributed by atoms with van der Waals surface area (Å²) in [4.78, 5) is 0. The largest absolute Gasteiger partial charge is 0.0610 e. The van der Waals surface area contributed by atoms with Gasteiger partial charge in [-0.3, -0.25) is 0 Å². The molecule has 0 amide bonds. The zero-order valence-electron chi connectivity index (χ0n) is 14.1. The second-order valence-electron chi connectivity index (χ2n) is 7.36. The third-order valence-electron chi connectivity index (χ3n) is 6.11. The van der Waals surface area contributed by atoms with Crippen molar-refractivity contribution < 1.29 is 0 Å². The standard InChI is InChI=1S/C26H14/c1-5-15-6-2-12-21-24(15)20(11-1)23-13-16-7-3-9-18(16)22-14-17-8-4-10-19(17)25(21)26(22)23/h1-14H. The summed E-state index contributed by atoms with van der Waals surface area (Å²) in [6, 6.07) is 31.6. The highest BCUT2D eigenvalue weighted by molar-refractivity contribution is 6.40. The number of hydrogen-bond donors (Lipinski definition) is 0. The van der Waals surface area contributed by atoms with Crippen LogP contribution in [0.1, 0.15) is 0 Å². The highest BCUT2D eigenvalue weighted by atomic mass is 14.2. The SMILES string of the molecule is c1cc2cc3c4cccc5cccc(c54)c4c5cccc5cc(c2c1)c34. The highest BCUT2D eigenvalue weighted by Crippen LogP contribution is 2.45. The molecule has 0 radical (unpaired) electrons.